The highest BCUT2D eigenvalue weighted by Crippen LogP contribution is 2.33. The second-order valence-electron chi connectivity index (χ2n) is 8.60. The molecule has 0 bridgehead atoms. The van der Waals surface area contributed by atoms with E-state index in [2.05, 4.69) is 25.1 Å². The lowest BCUT2D eigenvalue weighted by molar-refractivity contribution is 0.188. The lowest BCUT2D eigenvalue weighted by Crippen LogP contribution is -2.47. The first-order valence-electron chi connectivity index (χ1n) is 11.9. The fourth-order valence-electron chi connectivity index (χ4n) is 4.19. The molecule has 1 saturated heterocycles. The standard InChI is InChI=1S/C26H31F2N5O4/c1-17-12-23(36-3)25(28)20(24(17)27)16-37-19-14-29-26(30-15-19)31-18-4-5-21(22(13-18)35-2)33-8-6-32(7-9-33)10-11-34/h4-5,12-15,34H,6-11,16H2,1-3H3,(H,29,30,31). The normalized spacial score (nSPS) is 13.9. The molecule has 4 rings (SSSR count). The number of β-amino-alcohol motifs (C(OH)–C–C–N with tert-alkyl or cyclic N) is 1. The molecule has 0 aliphatic carbocycles. The molecule has 1 aromatic heterocycles. The van der Waals surface area contributed by atoms with Crippen LogP contribution in [-0.2, 0) is 6.61 Å². The van der Waals surface area contributed by atoms with Crippen LogP contribution in [0.5, 0.6) is 17.2 Å². The van der Waals surface area contributed by atoms with Gasteiger partial charge in [0.15, 0.2) is 17.3 Å². The molecule has 11 heteroatoms. The van der Waals surface area contributed by atoms with Crippen molar-refractivity contribution in [2.45, 2.75) is 13.5 Å². The third kappa shape index (κ3) is 6.17. The molecular weight excluding hydrogens is 484 g/mol. The summed E-state index contributed by atoms with van der Waals surface area (Å²) in [7, 11) is 2.95. The van der Waals surface area contributed by atoms with E-state index in [1.807, 2.05) is 18.2 Å². The van der Waals surface area contributed by atoms with Gasteiger partial charge in [-0.15, -0.1) is 0 Å². The summed E-state index contributed by atoms with van der Waals surface area (Å²) in [5, 5.41) is 12.3. The summed E-state index contributed by atoms with van der Waals surface area (Å²) < 4.78 is 45.0. The third-order valence-corrected chi connectivity index (χ3v) is 6.24. The summed E-state index contributed by atoms with van der Waals surface area (Å²) in [5.41, 5.74) is 1.77. The first-order chi connectivity index (χ1) is 17.9. The van der Waals surface area contributed by atoms with E-state index in [9.17, 15) is 8.78 Å². The molecule has 198 valence electrons. The number of aryl methyl sites for hydroxylation is 1. The maximum Gasteiger partial charge on any atom is 0.227 e. The van der Waals surface area contributed by atoms with Crippen molar-refractivity contribution in [2.24, 2.45) is 0 Å². The summed E-state index contributed by atoms with van der Waals surface area (Å²) in [4.78, 5) is 13.0. The minimum atomic E-state index is -0.797. The van der Waals surface area contributed by atoms with Crippen LogP contribution >= 0.6 is 0 Å². The van der Waals surface area contributed by atoms with Crippen LogP contribution in [0.2, 0.25) is 0 Å². The van der Waals surface area contributed by atoms with E-state index in [0.29, 0.717) is 12.5 Å². The maximum atomic E-state index is 14.5. The Kier molecular flexibility index (Phi) is 8.57. The van der Waals surface area contributed by atoms with Crippen molar-refractivity contribution < 1.29 is 28.1 Å². The Labute approximate surface area is 214 Å². The molecule has 0 atom stereocenters. The largest absolute Gasteiger partial charge is 0.495 e. The van der Waals surface area contributed by atoms with Crippen molar-refractivity contribution in [1.82, 2.24) is 14.9 Å². The highest BCUT2D eigenvalue weighted by Gasteiger charge is 2.20. The Morgan fingerprint density at radius 1 is 0.973 bits per heavy atom. The predicted molar refractivity (Wildman–Crippen MR) is 136 cm³/mol. The Hall–Kier alpha value is -3.70. The summed E-state index contributed by atoms with van der Waals surface area (Å²) in [6.07, 6.45) is 2.85. The molecule has 2 N–H and O–H groups in total. The van der Waals surface area contributed by atoms with Crippen LogP contribution in [0, 0.1) is 18.6 Å². The predicted octanol–water partition coefficient (Wildman–Crippen LogP) is 3.52. The van der Waals surface area contributed by atoms with E-state index in [0.717, 1.165) is 43.3 Å². The molecule has 1 aliphatic rings. The number of halogens is 2. The van der Waals surface area contributed by atoms with E-state index in [1.54, 1.807) is 7.11 Å². The number of aliphatic hydroxyl groups is 1. The lowest BCUT2D eigenvalue weighted by Gasteiger charge is -2.36. The topological polar surface area (TPSA) is 92.2 Å². The zero-order valence-electron chi connectivity index (χ0n) is 21.1. The molecule has 9 nitrogen and oxygen atoms in total. The molecule has 0 amide bonds. The molecular formula is C26H31F2N5O4. The molecule has 2 aromatic carbocycles. The molecule has 1 aliphatic heterocycles. The number of aromatic nitrogens is 2. The smallest absolute Gasteiger partial charge is 0.227 e. The quantitative estimate of drug-likeness (QED) is 0.421. The molecule has 2 heterocycles. The summed E-state index contributed by atoms with van der Waals surface area (Å²) in [5.74, 6) is -0.208. The van der Waals surface area contributed by atoms with Crippen molar-refractivity contribution in [3.8, 4) is 17.2 Å². The fraction of sp³-hybridized carbons (Fsp3) is 0.385. The molecule has 0 saturated carbocycles. The van der Waals surface area contributed by atoms with Gasteiger partial charge in [0.2, 0.25) is 5.95 Å². The van der Waals surface area contributed by atoms with Crippen LogP contribution in [0.3, 0.4) is 0 Å². The van der Waals surface area contributed by atoms with Gasteiger partial charge in [0.25, 0.3) is 0 Å². The van der Waals surface area contributed by atoms with Gasteiger partial charge < -0.3 is 29.5 Å². The second kappa shape index (κ2) is 12.0. The van der Waals surface area contributed by atoms with E-state index in [-0.39, 0.29) is 35.8 Å². The highest BCUT2D eigenvalue weighted by atomic mass is 19.1. The average molecular weight is 516 g/mol. The highest BCUT2D eigenvalue weighted by molar-refractivity contribution is 5.67. The van der Waals surface area contributed by atoms with Gasteiger partial charge in [-0.1, -0.05) is 0 Å². The number of ether oxygens (including phenoxy) is 3. The van der Waals surface area contributed by atoms with E-state index >= 15 is 0 Å². The van der Waals surface area contributed by atoms with E-state index in [4.69, 9.17) is 19.3 Å². The van der Waals surface area contributed by atoms with Gasteiger partial charge in [-0.2, -0.15) is 0 Å². The number of hydrogen-bond acceptors (Lipinski definition) is 9. The van der Waals surface area contributed by atoms with Crippen LogP contribution in [-0.4, -0.2) is 73.5 Å². The minimum absolute atomic E-state index is 0.0429. The Morgan fingerprint density at radius 2 is 1.68 bits per heavy atom. The first kappa shape index (κ1) is 26.4. The lowest BCUT2D eigenvalue weighted by atomic mass is 10.1. The Bertz CT molecular complexity index is 1200. The number of nitrogens with one attached hydrogen (secondary N) is 1. The SMILES string of the molecule is COc1cc(Nc2ncc(OCc3c(F)c(C)cc(OC)c3F)cn2)ccc1N1CCN(CCO)CC1. The van der Waals surface area contributed by atoms with Crippen molar-refractivity contribution in [3.63, 3.8) is 0 Å². The fourth-order valence-corrected chi connectivity index (χ4v) is 4.19. The number of nitrogens with zero attached hydrogens (tertiary/aromatic N) is 4. The van der Waals surface area contributed by atoms with Gasteiger partial charge in [-0.05, 0) is 30.7 Å². The van der Waals surface area contributed by atoms with Crippen molar-refractivity contribution in [2.75, 3.05) is 63.8 Å². The Morgan fingerprint density at radius 3 is 2.32 bits per heavy atom. The van der Waals surface area contributed by atoms with Crippen LogP contribution in [0.25, 0.3) is 0 Å². The number of anilines is 3. The van der Waals surface area contributed by atoms with E-state index in [1.165, 1.54) is 32.5 Å². The summed E-state index contributed by atoms with van der Waals surface area (Å²) >= 11 is 0. The van der Waals surface area contributed by atoms with Crippen LogP contribution in [0.4, 0.5) is 26.1 Å². The van der Waals surface area contributed by atoms with Crippen LogP contribution < -0.4 is 24.4 Å². The first-order valence-corrected chi connectivity index (χ1v) is 11.9. The van der Waals surface area contributed by atoms with Gasteiger partial charge >= 0.3 is 0 Å². The molecule has 0 spiro atoms. The number of piperazine rings is 1. The number of aliphatic hydroxyl groups excluding tert-OH is 1. The summed E-state index contributed by atoms with van der Waals surface area (Å²) in [6, 6.07) is 7.08. The molecule has 37 heavy (non-hydrogen) atoms. The van der Waals surface area contributed by atoms with Crippen molar-refractivity contribution >= 4 is 17.3 Å². The van der Waals surface area contributed by atoms with E-state index < -0.39 is 11.6 Å². The van der Waals surface area contributed by atoms with Crippen LogP contribution in [0.15, 0.2) is 36.7 Å². The Balaban J connectivity index is 1.39. The molecule has 3 aromatic rings. The van der Waals surface area contributed by atoms with Crippen LogP contribution in [0.1, 0.15) is 11.1 Å². The van der Waals surface area contributed by atoms with Gasteiger partial charge in [-0.25, -0.2) is 18.7 Å². The number of rotatable bonds is 10. The number of hydrogen-bond donors (Lipinski definition) is 2. The van der Waals surface area contributed by atoms with Gasteiger partial charge in [-0.3, -0.25) is 4.90 Å². The number of benzene rings is 2. The van der Waals surface area contributed by atoms with Gasteiger partial charge in [0.05, 0.1) is 44.5 Å². The van der Waals surface area contributed by atoms with Crippen molar-refractivity contribution in [3.05, 3.63) is 59.4 Å². The molecule has 0 unspecified atom stereocenters. The molecule has 0 radical (unpaired) electrons. The minimum Gasteiger partial charge on any atom is -0.495 e. The zero-order valence-corrected chi connectivity index (χ0v) is 21.1. The average Bonchev–Trinajstić information content (AvgIpc) is 2.92. The zero-order chi connectivity index (χ0) is 26.4. The summed E-state index contributed by atoms with van der Waals surface area (Å²) in [6.45, 7) is 5.49. The maximum absolute atomic E-state index is 14.5. The monoisotopic (exact) mass is 515 g/mol. The second-order valence-corrected chi connectivity index (χ2v) is 8.60. The van der Waals surface area contributed by atoms with Gasteiger partial charge in [0.1, 0.15) is 18.2 Å². The third-order valence-electron chi connectivity index (χ3n) is 6.24. The van der Waals surface area contributed by atoms with Gasteiger partial charge in [0, 0.05) is 44.5 Å². The van der Waals surface area contributed by atoms with Crippen molar-refractivity contribution in [1.29, 1.82) is 0 Å². The number of methoxy groups -OCH3 is 2. The molecule has 1 fully saturated rings.